The van der Waals surface area contributed by atoms with Crippen molar-refractivity contribution in [2.45, 2.75) is 25.9 Å². The molecule has 0 fully saturated rings. The van der Waals surface area contributed by atoms with Crippen molar-refractivity contribution in [1.82, 2.24) is 15.1 Å². The molecule has 0 saturated carbocycles. The van der Waals surface area contributed by atoms with E-state index in [0.717, 1.165) is 18.7 Å². The van der Waals surface area contributed by atoms with Gasteiger partial charge in [-0.05, 0) is 12.5 Å². The Morgan fingerprint density at radius 2 is 2.46 bits per heavy atom. The molecule has 0 aliphatic heterocycles. The Balaban J connectivity index is 2.38. The van der Waals surface area contributed by atoms with E-state index in [2.05, 4.69) is 17.3 Å². The number of aromatic nitrogens is 2. The van der Waals surface area contributed by atoms with Gasteiger partial charge in [0.2, 0.25) is 0 Å². The molecule has 4 heteroatoms. The lowest BCUT2D eigenvalue weighted by Crippen LogP contribution is -2.31. The number of hydrogen-bond acceptors (Lipinski definition) is 3. The Bertz CT molecular complexity index is 243. The fraction of sp³-hybridized carbons (Fsp3) is 0.667. The Kier molecular flexibility index (Phi) is 3.92. The summed E-state index contributed by atoms with van der Waals surface area (Å²) >= 11 is 0. The van der Waals surface area contributed by atoms with Crippen LogP contribution in [0.25, 0.3) is 0 Å². The quantitative estimate of drug-likeness (QED) is 0.689. The van der Waals surface area contributed by atoms with Gasteiger partial charge in [-0.1, -0.05) is 6.92 Å². The average molecular weight is 183 g/mol. The molecule has 0 spiro atoms. The first-order valence-corrected chi connectivity index (χ1v) is 4.59. The van der Waals surface area contributed by atoms with E-state index in [1.807, 2.05) is 17.8 Å². The second-order valence-corrected chi connectivity index (χ2v) is 3.11. The maximum atomic E-state index is 8.94. The summed E-state index contributed by atoms with van der Waals surface area (Å²) in [5, 5.41) is 16.3. The zero-order chi connectivity index (χ0) is 9.68. The molecule has 1 aromatic rings. The van der Waals surface area contributed by atoms with Crippen molar-refractivity contribution in [3.63, 3.8) is 0 Å². The van der Waals surface area contributed by atoms with Gasteiger partial charge in [0, 0.05) is 25.8 Å². The minimum absolute atomic E-state index is 0.189. The molecule has 0 aliphatic rings. The van der Waals surface area contributed by atoms with Crippen LogP contribution in [-0.2, 0) is 13.6 Å². The summed E-state index contributed by atoms with van der Waals surface area (Å²) in [4.78, 5) is 0. The summed E-state index contributed by atoms with van der Waals surface area (Å²) in [7, 11) is 1.91. The smallest absolute Gasteiger partial charge is 0.0584 e. The van der Waals surface area contributed by atoms with Crippen molar-refractivity contribution < 1.29 is 5.11 Å². The zero-order valence-electron chi connectivity index (χ0n) is 8.20. The van der Waals surface area contributed by atoms with Gasteiger partial charge in [0.1, 0.15) is 0 Å². The molecule has 0 aliphatic carbocycles. The minimum Gasteiger partial charge on any atom is -0.395 e. The molecule has 13 heavy (non-hydrogen) atoms. The number of rotatable bonds is 5. The lowest BCUT2D eigenvalue weighted by Gasteiger charge is -2.13. The molecular formula is C9H17N3O. The first kappa shape index (κ1) is 10.2. The normalized spacial score (nSPS) is 13.2. The molecule has 0 aromatic carbocycles. The van der Waals surface area contributed by atoms with Gasteiger partial charge >= 0.3 is 0 Å². The number of hydrogen-bond donors (Lipinski definition) is 2. The van der Waals surface area contributed by atoms with E-state index in [0.29, 0.717) is 0 Å². The molecule has 1 aromatic heterocycles. The molecule has 1 heterocycles. The highest BCUT2D eigenvalue weighted by molar-refractivity contribution is 4.99. The summed E-state index contributed by atoms with van der Waals surface area (Å²) < 4.78 is 1.83. The number of aliphatic hydroxyl groups is 1. The number of nitrogens with one attached hydrogen (secondary N) is 1. The molecule has 0 saturated heterocycles. The minimum atomic E-state index is 0.189. The van der Waals surface area contributed by atoms with Crippen LogP contribution in [0.5, 0.6) is 0 Å². The SMILES string of the molecule is CCC(CO)NCc1ccnn1C. The summed E-state index contributed by atoms with van der Waals surface area (Å²) in [6.45, 7) is 3.00. The Labute approximate surface area is 78.6 Å². The molecule has 0 amide bonds. The van der Waals surface area contributed by atoms with E-state index in [1.54, 1.807) is 6.20 Å². The maximum Gasteiger partial charge on any atom is 0.0584 e. The highest BCUT2D eigenvalue weighted by Crippen LogP contribution is 1.97. The second-order valence-electron chi connectivity index (χ2n) is 3.11. The van der Waals surface area contributed by atoms with Crippen molar-refractivity contribution in [1.29, 1.82) is 0 Å². The lowest BCUT2D eigenvalue weighted by atomic mass is 10.2. The fourth-order valence-corrected chi connectivity index (χ4v) is 1.16. The molecule has 0 radical (unpaired) electrons. The predicted octanol–water partition coefficient (Wildman–Crippen LogP) is 0.281. The van der Waals surface area contributed by atoms with Crippen molar-refractivity contribution in [3.05, 3.63) is 18.0 Å². The van der Waals surface area contributed by atoms with Gasteiger partial charge < -0.3 is 10.4 Å². The van der Waals surface area contributed by atoms with Crippen molar-refractivity contribution in [2.75, 3.05) is 6.61 Å². The van der Waals surface area contributed by atoms with Crippen LogP contribution in [-0.4, -0.2) is 27.5 Å². The summed E-state index contributed by atoms with van der Waals surface area (Å²) in [6, 6.07) is 2.16. The van der Waals surface area contributed by atoms with Crippen LogP contribution in [0.15, 0.2) is 12.3 Å². The van der Waals surface area contributed by atoms with Crippen LogP contribution in [0.2, 0.25) is 0 Å². The third-order valence-electron chi connectivity index (χ3n) is 2.21. The Morgan fingerprint density at radius 1 is 1.69 bits per heavy atom. The zero-order valence-corrected chi connectivity index (χ0v) is 8.20. The highest BCUT2D eigenvalue weighted by atomic mass is 16.3. The molecule has 1 unspecified atom stereocenters. The standard InChI is InChI=1S/C9H17N3O/c1-3-8(7-13)10-6-9-4-5-11-12(9)2/h4-5,8,10,13H,3,6-7H2,1-2H3. The first-order chi connectivity index (χ1) is 6.27. The van der Waals surface area contributed by atoms with Crippen LogP contribution in [0.4, 0.5) is 0 Å². The third-order valence-corrected chi connectivity index (χ3v) is 2.21. The Hall–Kier alpha value is -0.870. The maximum absolute atomic E-state index is 8.94. The number of aliphatic hydroxyl groups excluding tert-OH is 1. The van der Waals surface area contributed by atoms with Crippen LogP contribution in [0.1, 0.15) is 19.0 Å². The molecule has 4 nitrogen and oxygen atoms in total. The molecule has 74 valence electrons. The van der Waals surface area contributed by atoms with Gasteiger partial charge in [0.25, 0.3) is 0 Å². The summed E-state index contributed by atoms with van der Waals surface area (Å²) in [5.74, 6) is 0. The molecule has 1 atom stereocenters. The van der Waals surface area contributed by atoms with Crippen LogP contribution in [0.3, 0.4) is 0 Å². The Morgan fingerprint density at radius 3 is 2.92 bits per heavy atom. The largest absolute Gasteiger partial charge is 0.395 e. The van der Waals surface area contributed by atoms with E-state index in [1.165, 1.54) is 0 Å². The fourth-order valence-electron chi connectivity index (χ4n) is 1.16. The topological polar surface area (TPSA) is 50.1 Å². The highest BCUT2D eigenvalue weighted by Gasteiger charge is 2.04. The van der Waals surface area contributed by atoms with Crippen molar-refractivity contribution in [2.24, 2.45) is 7.05 Å². The van der Waals surface area contributed by atoms with Crippen molar-refractivity contribution in [3.8, 4) is 0 Å². The third kappa shape index (κ3) is 2.82. The molecule has 0 bridgehead atoms. The lowest BCUT2D eigenvalue weighted by molar-refractivity contribution is 0.237. The summed E-state index contributed by atoms with van der Waals surface area (Å²) in [5.41, 5.74) is 1.13. The number of aryl methyl sites for hydroxylation is 1. The van der Waals surface area contributed by atoms with Gasteiger partial charge in [0.15, 0.2) is 0 Å². The summed E-state index contributed by atoms with van der Waals surface area (Å²) in [6.07, 6.45) is 2.71. The van der Waals surface area contributed by atoms with Crippen molar-refractivity contribution >= 4 is 0 Å². The van der Waals surface area contributed by atoms with E-state index < -0.39 is 0 Å². The molecular weight excluding hydrogens is 166 g/mol. The van der Waals surface area contributed by atoms with Gasteiger partial charge in [-0.25, -0.2) is 0 Å². The monoisotopic (exact) mass is 183 g/mol. The molecule has 1 rings (SSSR count). The van der Waals surface area contributed by atoms with Crippen LogP contribution < -0.4 is 5.32 Å². The van der Waals surface area contributed by atoms with Gasteiger partial charge in [-0.15, -0.1) is 0 Å². The molecule has 2 N–H and O–H groups in total. The van der Waals surface area contributed by atoms with Crippen LogP contribution in [0, 0.1) is 0 Å². The van der Waals surface area contributed by atoms with E-state index >= 15 is 0 Å². The van der Waals surface area contributed by atoms with Crippen LogP contribution >= 0.6 is 0 Å². The van der Waals surface area contributed by atoms with E-state index in [-0.39, 0.29) is 12.6 Å². The van der Waals surface area contributed by atoms with E-state index in [4.69, 9.17) is 5.11 Å². The number of nitrogens with zero attached hydrogens (tertiary/aromatic N) is 2. The van der Waals surface area contributed by atoms with Gasteiger partial charge in [0.05, 0.1) is 12.3 Å². The average Bonchev–Trinajstić information content (AvgIpc) is 2.54. The van der Waals surface area contributed by atoms with Gasteiger partial charge in [-0.2, -0.15) is 5.10 Å². The predicted molar refractivity (Wildman–Crippen MR) is 51.2 cm³/mol. The van der Waals surface area contributed by atoms with Gasteiger partial charge in [-0.3, -0.25) is 4.68 Å². The first-order valence-electron chi connectivity index (χ1n) is 4.59. The second kappa shape index (κ2) is 4.99. The van der Waals surface area contributed by atoms with E-state index in [9.17, 15) is 0 Å².